The number of hydrogen-bond acceptors (Lipinski definition) is 7. The van der Waals surface area contributed by atoms with Gasteiger partial charge in [0, 0.05) is 70.5 Å². The molecule has 1 aliphatic heterocycles. The van der Waals surface area contributed by atoms with Crippen molar-refractivity contribution in [1.29, 1.82) is 0 Å². The highest BCUT2D eigenvalue weighted by Crippen LogP contribution is 2.26. The predicted octanol–water partition coefficient (Wildman–Crippen LogP) is 2.94. The molecular formula is C23H32N6O2S. The Balaban J connectivity index is 1.54. The molecule has 1 amide bonds. The largest absolute Gasteiger partial charge is 0.399 e. The summed E-state index contributed by atoms with van der Waals surface area (Å²) in [7, 11) is 1.71. The van der Waals surface area contributed by atoms with Crippen molar-refractivity contribution in [2.24, 2.45) is 0 Å². The van der Waals surface area contributed by atoms with Gasteiger partial charge in [-0.15, -0.1) is 11.3 Å². The molecule has 2 N–H and O–H groups in total. The van der Waals surface area contributed by atoms with Gasteiger partial charge in [-0.05, 0) is 25.5 Å². The summed E-state index contributed by atoms with van der Waals surface area (Å²) in [5.41, 5.74) is 10.2. The zero-order valence-corrected chi connectivity index (χ0v) is 20.0. The first-order valence-corrected chi connectivity index (χ1v) is 12.1. The number of ether oxygens (including phenoxy) is 1. The molecule has 3 heterocycles. The van der Waals surface area contributed by atoms with Gasteiger partial charge in [-0.25, -0.2) is 9.97 Å². The van der Waals surface area contributed by atoms with Gasteiger partial charge in [0.2, 0.25) is 0 Å². The van der Waals surface area contributed by atoms with Gasteiger partial charge in [0.15, 0.2) is 0 Å². The highest BCUT2D eigenvalue weighted by atomic mass is 32.1. The number of nitrogens with two attached hydrogens (primary N) is 1. The number of carbonyl (C=O) groups is 1. The van der Waals surface area contributed by atoms with E-state index in [1.165, 1.54) is 0 Å². The quantitative estimate of drug-likeness (QED) is 0.414. The smallest absolute Gasteiger partial charge is 0.256 e. The van der Waals surface area contributed by atoms with Crippen molar-refractivity contribution in [3.63, 3.8) is 0 Å². The van der Waals surface area contributed by atoms with Crippen LogP contribution in [0.15, 0.2) is 17.5 Å². The highest BCUT2D eigenvalue weighted by Gasteiger charge is 2.26. The average molecular weight is 457 g/mol. The SMILES string of the molecule is CCc1nc2cc(N)cc(C(=O)N3CCN(Cc4csc(C)n4)CC3)c2n1CCCOC. The van der Waals surface area contributed by atoms with Crippen molar-refractivity contribution >= 4 is 34.0 Å². The van der Waals surface area contributed by atoms with Crippen LogP contribution >= 0.6 is 11.3 Å². The molecule has 172 valence electrons. The number of nitrogens with zero attached hydrogens (tertiary/aromatic N) is 5. The number of imidazole rings is 1. The number of anilines is 1. The number of benzene rings is 1. The van der Waals surface area contributed by atoms with Crippen LogP contribution < -0.4 is 5.73 Å². The minimum atomic E-state index is 0.0296. The molecule has 0 radical (unpaired) electrons. The molecule has 1 saturated heterocycles. The van der Waals surface area contributed by atoms with Crippen LogP contribution in [0.25, 0.3) is 11.0 Å². The van der Waals surface area contributed by atoms with Gasteiger partial charge in [-0.2, -0.15) is 0 Å². The summed E-state index contributed by atoms with van der Waals surface area (Å²) in [6, 6.07) is 3.68. The number of aromatic nitrogens is 3. The number of methoxy groups -OCH3 is 1. The third-order valence-corrected chi connectivity index (χ3v) is 6.75. The maximum atomic E-state index is 13.6. The predicted molar refractivity (Wildman–Crippen MR) is 128 cm³/mol. The van der Waals surface area contributed by atoms with Crippen molar-refractivity contribution in [2.75, 3.05) is 45.6 Å². The summed E-state index contributed by atoms with van der Waals surface area (Å²) in [4.78, 5) is 27.2. The average Bonchev–Trinajstić information content (AvgIpc) is 3.36. The summed E-state index contributed by atoms with van der Waals surface area (Å²) in [5.74, 6) is 1.00. The number of nitrogen functional groups attached to an aromatic ring is 1. The Hall–Kier alpha value is -2.49. The Morgan fingerprint density at radius 3 is 2.66 bits per heavy atom. The van der Waals surface area contributed by atoms with Gasteiger partial charge < -0.3 is 19.9 Å². The molecule has 0 aliphatic carbocycles. The van der Waals surface area contributed by atoms with E-state index in [0.29, 0.717) is 30.9 Å². The van der Waals surface area contributed by atoms with Crippen molar-refractivity contribution in [3.8, 4) is 0 Å². The molecule has 1 aromatic carbocycles. The number of thiazole rings is 1. The normalized spacial score (nSPS) is 15.0. The van der Waals surface area contributed by atoms with Crippen LogP contribution in [0.1, 0.15) is 40.2 Å². The third kappa shape index (κ3) is 4.79. The maximum absolute atomic E-state index is 13.6. The fraction of sp³-hybridized carbons (Fsp3) is 0.522. The molecular weight excluding hydrogens is 424 g/mol. The second-order valence-electron chi connectivity index (χ2n) is 8.24. The molecule has 4 rings (SSSR count). The van der Waals surface area contributed by atoms with Gasteiger partial charge >= 0.3 is 0 Å². The third-order valence-electron chi connectivity index (χ3n) is 5.93. The molecule has 1 fully saturated rings. The van der Waals surface area contributed by atoms with Gasteiger partial charge in [-0.3, -0.25) is 9.69 Å². The van der Waals surface area contributed by atoms with E-state index in [9.17, 15) is 4.79 Å². The van der Waals surface area contributed by atoms with Crippen LogP contribution in [0.2, 0.25) is 0 Å². The van der Waals surface area contributed by atoms with Gasteiger partial charge in [-0.1, -0.05) is 6.92 Å². The molecule has 32 heavy (non-hydrogen) atoms. The standard InChI is InChI=1S/C23H32N6O2S/c1-4-21-26-20-13-17(24)12-19(22(20)29(21)6-5-11-31-3)23(30)28-9-7-27(8-10-28)14-18-15-32-16(2)25-18/h12-13,15H,4-11,14,24H2,1-3H3. The number of amides is 1. The number of rotatable bonds is 8. The number of hydrogen-bond donors (Lipinski definition) is 1. The van der Waals surface area contributed by atoms with Crippen LogP contribution in [-0.2, 0) is 24.2 Å². The minimum Gasteiger partial charge on any atom is -0.399 e. The molecule has 2 aromatic heterocycles. The van der Waals surface area contributed by atoms with Crippen molar-refractivity contribution in [2.45, 2.75) is 39.8 Å². The molecule has 0 unspecified atom stereocenters. The Kier molecular flexibility index (Phi) is 7.07. The summed E-state index contributed by atoms with van der Waals surface area (Å²) in [5, 5.41) is 3.21. The fourth-order valence-corrected chi connectivity index (χ4v) is 4.97. The number of piperazine rings is 1. The monoisotopic (exact) mass is 456 g/mol. The van der Waals surface area contributed by atoms with Crippen LogP contribution in [0.3, 0.4) is 0 Å². The molecule has 0 spiro atoms. The van der Waals surface area contributed by atoms with E-state index < -0.39 is 0 Å². The maximum Gasteiger partial charge on any atom is 0.256 e. The fourth-order valence-electron chi connectivity index (χ4n) is 4.37. The van der Waals surface area contributed by atoms with E-state index >= 15 is 0 Å². The zero-order chi connectivity index (χ0) is 22.7. The topological polar surface area (TPSA) is 89.5 Å². The Morgan fingerprint density at radius 2 is 2.00 bits per heavy atom. The molecule has 0 bridgehead atoms. The van der Waals surface area contributed by atoms with E-state index in [0.717, 1.165) is 66.6 Å². The first-order valence-electron chi connectivity index (χ1n) is 11.2. The Labute approximate surface area is 193 Å². The lowest BCUT2D eigenvalue weighted by molar-refractivity contribution is 0.0629. The summed E-state index contributed by atoms with van der Waals surface area (Å²) in [6.45, 7) is 9.43. The Morgan fingerprint density at radius 1 is 1.22 bits per heavy atom. The second kappa shape index (κ2) is 9.97. The number of carbonyl (C=O) groups excluding carboxylic acids is 1. The van der Waals surface area contributed by atoms with Crippen molar-refractivity contribution in [1.82, 2.24) is 24.3 Å². The first kappa shape index (κ1) is 22.7. The van der Waals surface area contributed by atoms with E-state index in [2.05, 4.69) is 26.8 Å². The molecule has 3 aromatic rings. The van der Waals surface area contributed by atoms with E-state index in [-0.39, 0.29) is 5.91 Å². The number of fused-ring (bicyclic) bond motifs is 1. The number of aryl methyl sites for hydroxylation is 3. The first-order chi connectivity index (χ1) is 15.5. The van der Waals surface area contributed by atoms with E-state index in [1.54, 1.807) is 18.4 Å². The van der Waals surface area contributed by atoms with Crippen molar-refractivity contribution < 1.29 is 9.53 Å². The van der Waals surface area contributed by atoms with Crippen molar-refractivity contribution in [3.05, 3.63) is 39.6 Å². The molecule has 0 atom stereocenters. The van der Waals surface area contributed by atoms with Crippen LogP contribution in [-0.4, -0.2) is 70.1 Å². The molecule has 9 heteroatoms. The highest BCUT2D eigenvalue weighted by molar-refractivity contribution is 7.09. The van der Waals surface area contributed by atoms with E-state index in [1.807, 2.05) is 24.0 Å². The second-order valence-corrected chi connectivity index (χ2v) is 9.30. The minimum absolute atomic E-state index is 0.0296. The Bertz CT molecular complexity index is 1080. The van der Waals surface area contributed by atoms with Crippen LogP contribution in [0, 0.1) is 6.92 Å². The van der Waals surface area contributed by atoms with Crippen LogP contribution in [0.5, 0.6) is 0 Å². The summed E-state index contributed by atoms with van der Waals surface area (Å²) >= 11 is 1.68. The van der Waals surface area contributed by atoms with E-state index in [4.69, 9.17) is 15.5 Å². The van der Waals surface area contributed by atoms with Gasteiger partial charge in [0.05, 0.1) is 27.3 Å². The lowest BCUT2D eigenvalue weighted by Gasteiger charge is -2.34. The summed E-state index contributed by atoms with van der Waals surface area (Å²) in [6.07, 6.45) is 1.66. The lowest BCUT2D eigenvalue weighted by atomic mass is 10.1. The molecule has 8 nitrogen and oxygen atoms in total. The lowest BCUT2D eigenvalue weighted by Crippen LogP contribution is -2.48. The van der Waals surface area contributed by atoms with Gasteiger partial charge in [0.25, 0.3) is 5.91 Å². The summed E-state index contributed by atoms with van der Waals surface area (Å²) < 4.78 is 7.40. The molecule has 1 aliphatic rings. The molecule has 0 saturated carbocycles. The van der Waals surface area contributed by atoms with Gasteiger partial charge in [0.1, 0.15) is 5.82 Å². The van der Waals surface area contributed by atoms with Crippen LogP contribution in [0.4, 0.5) is 5.69 Å². The zero-order valence-electron chi connectivity index (χ0n) is 19.1.